The number of hydrogen-bond acceptors (Lipinski definition) is 5. The number of amides is 1. The van der Waals surface area contributed by atoms with Crippen LogP contribution in [0.25, 0.3) is 0 Å². The maximum Gasteiger partial charge on any atom is 0.256 e. The number of aryl methyl sites for hydroxylation is 1. The lowest BCUT2D eigenvalue weighted by Gasteiger charge is -2.26. The quantitative estimate of drug-likeness (QED) is 0.565. The number of halogens is 2. The van der Waals surface area contributed by atoms with Gasteiger partial charge in [-0.05, 0) is 49.4 Å². The number of nitrogens with zero attached hydrogens (tertiary/aromatic N) is 1. The van der Waals surface area contributed by atoms with Crippen LogP contribution in [0.5, 0.6) is 0 Å². The third-order valence-electron chi connectivity index (χ3n) is 5.10. The second-order valence-corrected chi connectivity index (χ2v) is 7.53. The Morgan fingerprint density at radius 3 is 2.87 bits per heavy atom. The number of rotatable bonds is 8. The van der Waals surface area contributed by atoms with Crippen LogP contribution in [-0.4, -0.2) is 36.7 Å². The molecule has 30 heavy (non-hydrogen) atoms. The monoisotopic (exact) mass is 416 g/mol. The first-order chi connectivity index (χ1) is 14.3. The van der Waals surface area contributed by atoms with E-state index in [1.807, 2.05) is 13.1 Å². The molecule has 160 valence electrons. The Labute approximate surface area is 174 Å². The van der Waals surface area contributed by atoms with Crippen molar-refractivity contribution in [3.8, 4) is 0 Å². The maximum atomic E-state index is 13.6. The summed E-state index contributed by atoms with van der Waals surface area (Å²) >= 11 is 0. The fourth-order valence-electron chi connectivity index (χ4n) is 3.84. The molecule has 0 unspecified atom stereocenters. The van der Waals surface area contributed by atoms with E-state index in [9.17, 15) is 18.4 Å². The van der Waals surface area contributed by atoms with Gasteiger partial charge in [-0.2, -0.15) is 0 Å². The van der Waals surface area contributed by atoms with Crippen molar-refractivity contribution in [2.75, 3.05) is 29.5 Å². The summed E-state index contributed by atoms with van der Waals surface area (Å²) in [6.45, 7) is 1.63. The van der Waals surface area contributed by atoms with Crippen molar-refractivity contribution >= 4 is 29.3 Å². The Morgan fingerprint density at radius 2 is 2.17 bits per heavy atom. The second kappa shape index (κ2) is 9.19. The zero-order valence-electron chi connectivity index (χ0n) is 17.1. The number of aldehydes is 1. The summed E-state index contributed by atoms with van der Waals surface area (Å²) in [5.41, 5.74) is 4.71. The summed E-state index contributed by atoms with van der Waals surface area (Å²) in [6, 6.07) is 3.32. The molecule has 0 atom stereocenters. The van der Waals surface area contributed by atoms with Gasteiger partial charge in [-0.25, -0.2) is 8.78 Å². The molecule has 0 fully saturated rings. The first kappa shape index (κ1) is 21.7. The van der Waals surface area contributed by atoms with Crippen LogP contribution in [0.4, 0.5) is 25.8 Å². The average molecular weight is 416 g/mol. The average Bonchev–Trinajstić information content (AvgIpc) is 2.71. The molecule has 1 aliphatic heterocycles. The maximum absolute atomic E-state index is 13.6. The molecule has 8 heteroatoms. The van der Waals surface area contributed by atoms with E-state index in [1.165, 1.54) is 18.5 Å². The van der Waals surface area contributed by atoms with Crippen LogP contribution < -0.4 is 16.0 Å². The molecule has 0 saturated heterocycles. The highest BCUT2D eigenvalue weighted by Gasteiger charge is 2.26. The molecule has 3 rings (SSSR count). The molecule has 1 aliphatic rings. The Bertz CT molecular complexity index is 941. The van der Waals surface area contributed by atoms with Crippen molar-refractivity contribution in [3.05, 3.63) is 46.8 Å². The van der Waals surface area contributed by atoms with Gasteiger partial charge in [0.05, 0.1) is 11.4 Å². The topological polar surface area (TPSA) is 83.1 Å². The third kappa shape index (κ3) is 4.93. The summed E-state index contributed by atoms with van der Waals surface area (Å²) in [5.74, 6) is -3.40. The van der Waals surface area contributed by atoms with Crippen LogP contribution in [0.3, 0.4) is 0 Å². The molecule has 0 spiro atoms. The van der Waals surface area contributed by atoms with E-state index in [0.717, 1.165) is 55.1 Å². The fraction of sp³-hybridized carbons (Fsp3) is 0.409. The number of alkyl halides is 2. The minimum atomic E-state index is -2.95. The van der Waals surface area contributed by atoms with Crippen LogP contribution >= 0.6 is 0 Å². The zero-order chi connectivity index (χ0) is 21.7. The first-order valence-corrected chi connectivity index (χ1v) is 10.00. The largest absolute Gasteiger partial charge is 0.386 e. The number of hydrogen-bond donors (Lipinski definition) is 3. The molecule has 2 aromatic rings. The van der Waals surface area contributed by atoms with E-state index in [0.29, 0.717) is 18.5 Å². The lowest BCUT2D eigenvalue weighted by atomic mass is 9.94. The SMILES string of the molecule is CNc1c(CCC=O)cc(NC(=O)c2ccncc2CC(C)(F)F)c2c1NCCC2. The molecule has 0 aliphatic carbocycles. The summed E-state index contributed by atoms with van der Waals surface area (Å²) in [4.78, 5) is 27.8. The summed E-state index contributed by atoms with van der Waals surface area (Å²) in [5, 5.41) is 9.49. The number of nitrogens with one attached hydrogen (secondary N) is 3. The van der Waals surface area contributed by atoms with Gasteiger partial charge < -0.3 is 20.7 Å². The smallest absolute Gasteiger partial charge is 0.256 e. The van der Waals surface area contributed by atoms with Crippen molar-refractivity contribution < 1.29 is 18.4 Å². The highest BCUT2D eigenvalue weighted by molar-refractivity contribution is 6.06. The van der Waals surface area contributed by atoms with Gasteiger partial charge in [-0.3, -0.25) is 9.78 Å². The first-order valence-electron chi connectivity index (χ1n) is 10.00. The number of pyridine rings is 1. The van der Waals surface area contributed by atoms with Gasteiger partial charge in [0.15, 0.2) is 0 Å². The molecule has 1 amide bonds. The Morgan fingerprint density at radius 1 is 1.37 bits per heavy atom. The van der Waals surface area contributed by atoms with E-state index in [4.69, 9.17) is 0 Å². The molecule has 0 saturated carbocycles. The van der Waals surface area contributed by atoms with Gasteiger partial charge in [-0.1, -0.05) is 0 Å². The van der Waals surface area contributed by atoms with Gasteiger partial charge in [-0.15, -0.1) is 0 Å². The number of benzene rings is 1. The zero-order valence-corrected chi connectivity index (χ0v) is 17.1. The number of fused-ring (bicyclic) bond motifs is 1. The van der Waals surface area contributed by atoms with E-state index >= 15 is 0 Å². The van der Waals surface area contributed by atoms with E-state index < -0.39 is 18.3 Å². The number of aromatic nitrogens is 1. The van der Waals surface area contributed by atoms with Crippen LogP contribution in [-0.2, 0) is 24.1 Å². The van der Waals surface area contributed by atoms with Crippen molar-refractivity contribution in [1.29, 1.82) is 0 Å². The molecule has 0 bridgehead atoms. The molecule has 6 nitrogen and oxygen atoms in total. The molecular weight excluding hydrogens is 390 g/mol. The van der Waals surface area contributed by atoms with Crippen molar-refractivity contribution in [2.45, 2.75) is 45.0 Å². The molecule has 0 radical (unpaired) electrons. The predicted octanol–water partition coefficient (Wildman–Crippen LogP) is 4.06. The van der Waals surface area contributed by atoms with Gasteiger partial charge in [0, 0.05) is 55.6 Å². The van der Waals surface area contributed by atoms with Gasteiger partial charge >= 0.3 is 0 Å². The Kier molecular flexibility index (Phi) is 6.64. The van der Waals surface area contributed by atoms with E-state index in [1.54, 1.807) is 0 Å². The summed E-state index contributed by atoms with van der Waals surface area (Å²) in [6.07, 6.45) is 5.60. The van der Waals surface area contributed by atoms with Crippen molar-refractivity contribution in [3.63, 3.8) is 0 Å². The van der Waals surface area contributed by atoms with E-state index in [2.05, 4.69) is 20.9 Å². The van der Waals surface area contributed by atoms with Gasteiger partial charge in [0.1, 0.15) is 6.29 Å². The number of anilines is 3. The van der Waals surface area contributed by atoms with Gasteiger partial charge in [0.2, 0.25) is 5.92 Å². The highest BCUT2D eigenvalue weighted by Crippen LogP contribution is 2.39. The summed E-state index contributed by atoms with van der Waals surface area (Å²) < 4.78 is 27.1. The lowest BCUT2D eigenvalue weighted by Crippen LogP contribution is -2.22. The third-order valence-corrected chi connectivity index (χ3v) is 5.10. The normalized spacial score (nSPS) is 13.2. The van der Waals surface area contributed by atoms with Crippen LogP contribution in [0.2, 0.25) is 0 Å². The number of carbonyl (C=O) groups excluding carboxylic acids is 2. The van der Waals surface area contributed by atoms with Crippen molar-refractivity contribution in [2.24, 2.45) is 0 Å². The van der Waals surface area contributed by atoms with Crippen LogP contribution in [0.1, 0.15) is 46.8 Å². The Balaban J connectivity index is 1.98. The Hall–Kier alpha value is -3.03. The minimum absolute atomic E-state index is 0.177. The predicted molar refractivity (Wildman–Crippen MR) is 114 cm³/mol. The van der Waals surface area contributed by atoms with Crippen molar-refractivity contribution in [1.82, 2.24) is 4.98 Å². The highest BCUT2D eigenvalue weighted by atomic mass is 19.3. The van der Waals surface area contributed by atoms with E-state index in [-0.39, 0.29) is 11.1 Å². The van der Waals surface area contributed by atoms with Gasteiger partial charge in [0.25, 0.3) is 5.91 Å². The second-order valence-electron chi connectivity index (χ2n) is 7.53. The molecular formula is C22H26F2N4O2. The molecule has 1 aromatic carbocycles. The lowest BCUT2D eigenvalue weighted by molar-refractivity contribution is -0.107. The molecule has 2 heterocycles. The van der Waals surface area contributed by atoms with Crippen LogP contribution in [0, 0.1) is 0 Å². The minimum Gasteiger partial charge on any atom is -0.386 e. The molecule has 3 N–H and O–H groups in total. The molecule has 1 aromatic heterocycles. The number of carbonyl (C=O) groups is 2. The standard InChI is InChI=1S/C22H26F2N4O2/c1-22(23,24)12-15-13-26-9-7-16(15)21(30)28-18-11-14(5-4-10-29)19(25-2)20-17(18)6-3-8-27-20/h7,9-11,13,25,27H,3-6,8,12H2,1-2H3,(H,28,30). The summed E-state index contributed by atoms with van der Waals surface area (Å²) in [7, 11) is 1.82. The van der Waals surface area contributed by atoms with Crippen LogP contribution in [0.15, 0.2) is 24.5 Å². The fourth-order valence-corrected chi connectivity index (χ4v) is 3.84.